The van der Waals surface area contributed by atoms with Gasteiger partial charge in [-0.2, -0.15) is 0 Å². The molecule has 2 N–H and O–H groups in total. The fourth-order valence-electron chi connectivity index (χ4n) is 1.99. The molecular formula is C12H17N3O4S. The van der Waals surface area contributed by atoms with Crippen molar-refractivity contribution < 1.29 is 19.4 Å². The first-order valence-electron chi connectivity index (χ1n) is 6.31. The molecule has 1 aromatic heterocycles. The lowest BCUT2D eigenvalue weighted by molar-refractivity contribution is -0.00351. The Kier molecular flexibility index (Phi) is 4.56. The molecule has 0 spiro atoms. The Bertz CT molecular complexity index is 517. The van der Waals surface area contributed by atoms with Gasteiger partial charge in [0, 0.05) is 13.1 Å². The molecule has 0 bridgehead atoms. The lowest BCUT2D eigenvalue weighted by atomic mass is 10.3. The smallest absolute Gasteiger partial charge is 0.347 e. The van der Waals surface area contributed by atoms with E-state index in [9.17, 15) is 9.59 Å². The number of carboxylic acid groups (broad SMARTS) is 1. The minimum atomic E-state index is -0.986. The molecule has 0 saturated carbocycles. The van der Waals surface area contributed by atoms with Gasteiger partial charge in [0.2, 0.25) is 0 Å². The average Bonchev–Trinajstić information content (AvgIpc) is 2.77. The molecule has 1 fully saturated rings. The van der Waals surface area contributed by atoms with Crippen LogP contribution in [0.15, 0.2) is 0 Å². The Morgan fingerprint density at radius 1 is 1.60 bits per heavy atom. The number of carboxylic acids is 1. The number of aromatic carboxylic acids is 1. The van der Waals surface area contributed by atoms with E-state index in [1.54, 1.807) is 11.8 Å². The molecular weight excluding hydrogens is 282 g/mol. The number of carbonyl (C=O) groups is 2. The molecule has 8 heteroatoms. The maximum absolute atomic E-state index is 12.0. The zero-order valence-electron chi connectivity index (χ0n) is 11.4. The highest BCUT2D eigenvalue weighted by Crippen LogP contribution is 2.17. The van der Waals surface area contributed by atoms with Crippen LogP contribution >= 0.6 is 11.3 Å². The molecule has 1 saturated heterocycles. The summed E-state index contributed by atoms with van der Waals surface area (Å²) in [7, 11) is 0. The van der Waals surface area contributed by atoms with Crippen molar-refractivity contribution in [2.24, 2.45) is 0 Å². The predicted molar refractivity (Wildman–Crippen MR) is 73.0 cm³/mol. The Labute approximate surface area is 120 Å². The molecule has 1 aliphatic heterocycles. The van der Waals surface area contributed by atoms with Gasteiger partial charge in [-0.05, 0) is 13.8 Å². The number of nitrogens with one attached hydrogen (secondary N) is 1. The third-order valence-corrected chi connectivity index (χ3v) is 4.10. The van der Waals surface area contributed by atoms with Gasteiger partial charge in [-0.3, -0.25) is 0 Å². The fourth-order valence-corrected chi connectivity index (χ4v) is 2.84. The molecule has 1 aliphatic rings. The molecule has 110 valence electrons. The third kappa shape index (κ3) is 3.45. The van der Waals surface area contributed by atoms with Gasteiger partial charge in [0.1, 0.15) is 9.88 Å². The summed E-state index contributed by atoms with van der Waals surface area (Å²) in [6, 6.07) is -0.176. The summed E-state index contributed by atoms with van der Waals surface area (Å²) in [5.74, 6) is -0.986. The number of hydrogen-bond donors (Lipinski definition) is 2. The first-order valence-corrected chi connectivity index (χ1v) is 7.13. The van der Waals surface area contributed by atoms with Crippen LogP contribution in [0.25, 0.3) is 0 Å². The summed E-state index contributed by atoms with van der Waals surface area (Å²) in [4.78, 5) is 28.9. The van der Waals surface area contributed by atoms with Crippen LogP contribution in [0.5, 0.6) is 0 Å². The number of morpholine rings is 1. The quantitative estimate of drug-likeness (QED) is 0.871. The number of aryl methyl sites for hydroxylation is 1. The van der Waals surface area contributed by atoms with E-state index in [4.69, 9.17) is 9.84 Å². The number of thiazole rings is 1. The van der Waals surface area contributed by atoms with Crippen LogP contribution in [0.1, 0.15) is 27.3 Å². The van der Waals surface area contributed by atoms with Crippen molar-refractivity contribution >= 4 is 23.3 Å². The van der Waals surface area contributed by atoms with Gasteiger partial charge in [0.05, 0.1) is 24.9 Å². The Balaban J connectivity index is 1.90. The second kappa shape index (κ2) is 6.19. The topological polar surface area (TPSA) is 91.8 Å². The predicted octanol–water partition coefficient (Wildman–Crippen LogP) is 1.08. The summed E-state index contributed by atoms with van der Waals surface area (Å²) in [6.07, 6.45) is 0.0372. The molecule has 20 heavy (non-hydrogen) atoms. The number of ether oxygens (including phenoxy) is 1. The van der Waals surface area contributed by atoms with Crippen LogP contribution in [-0.4, -0.2) is 52.8 Å². The zero-order valence-corrected chi connectivity index (χ0v) is 12.2. The molecule has 2 rings (SSSR count). The summed E-state index contributed by atoms with van der Waals surface area (Å²) >= 11 is 1.09. The summed E-state index contributed by atoms with van der Waals surface area (Å²) in [6.45, 7) is 5.46. The third-order valence-electron chi connectivity index (χ3n) is 2.95. The number of carbonyl (C=O) groups excluding carboxylic acids is 1. The number of rotatable bonds is 3. The van der Waals surface area contributed by atoms with Gasteiger partial charge in [0.15, 0.2) is 0 Å². The summed E-state index contributed by atoms with van der Waals surface area (Å²) < 4.78 is 5.37. The number of hydrogen-bond acceptors (Lipinski definition) is 5. The van der Waals surface area contributed by atoms with Gasteiger partial charge in [-0.25, -0.2) is 14.6 Å². The molecule has 1 aromatic rings. The number of nitrogens with zero attached hydrogens (tertiary/aromatic N) is 2. The minimum Gasteiger partial charge on any atom is -0.477 e. The number of amides is 2. The maximum Gasteiger partial charge on any atom is 0.347 e. The Hall–Kier alpha value is -1.67. The average molecular weight is 299 g/mol. The van der Waals surface area contributed by atoms with E-state index in [0.717, 1.165) is 11.3 Å². The van der Waals surface area contributed by atoms with Crippen LogP contribution in [0.4, 0.5) is 4.79 Å². The lowest BCUT2D eigenvalue weighted by Gasteiger charge is -2.31. The van der Waals surface area contributed by atoms with Crippen molar-refractivity contribution in [3.8, 4) is 0 Å². The van der Waals surface area contributed by atoms with E-state index < -0.39 is 5.97 Å². The van der Waals surface area contributed by atoms with E-state index in [1.165, 1.54) is 0 Å². The van der Waals surface area contributed by atoms with Crippen LogP contribution < -0.4 is 5.32 Å². The standard InChI is InChI=1S/C12H17N3O4S/c1-7-6-15(3-4-19-7)12(18)13-5-9-14-8(2)10(20-9)11(16)17/h7H,3-6H2,1-2H3,(H,13,18)(H,16,17). The second-order valence-electron chi connectivity index (χ2n) is 4.61. The van der Waals surface area contributed by atoms with Crippen LogP contribution in [-0.2, 0) is 11.3 Å². The molecule has 2 heterocycles. The van der Waals surface area contributed by atoms with Gasteiger partial charge in [0.25, 0.3) is 0 Å². The lowest BCUT2D eigenvalue weighted by Crippen LogP contribution is -2.48. The van der Waals surface area contributed by atoms with E-state index in [1.807, 2.05) is 6.92 Å². The monoisotopic (exact) mass is 299 g/mol. The first kappa shape index (κ1) is 14.7. The largest absolute Gasteiger partial charge is 0.477 e. The zero-order chi connectivity index (χ0) is 14.7. The highest BCUT2D eigenvalue weighted by molar-refractivity contribution is 7.13. The van der Waals surface area contributed by atoms with E-state index in [-0.39, 0.29) is 23.6 Å². The van der Waals surface area contributed by atoms with Gasteiger partial charge in [-0.15, -0.1) is 11.3 Å². The Morgan fingerprint density at radius 3 is 2.95 bits per heavy atom. The van der Waals surface area contributed by atoms with Crippen LogP contribution in [0, 0.1) is 6.92 Å². The van der Waals surface area contributed by atoms with E-state index in [0.29, 0.717) is 30.4 Å². The molecule has 0 radical (unpaired) electrons. The maximum atomic E-state index is 12.0. The van der Waals surface area contributed by atoms with Crippen molar-refractivity contribution in [1.82, 2.24) is 15.2 Å². The first-order chi connectivity index (χ1) is 9.47. The van der Waals surface area contributed by atoms with E-state index >= 15 is 0 Å². The van der Waals surface area contributed by atoms with E-state index in [2.05, 4.69) is 10.3 Å². The van der Waals surface area contributed by atoms with Gasteiger partial charge < -0.3 is 20.1 Å². The van der Waals surface area contributed by atoms with Crippen molar-refractivity contribution in [3.05, 3.63) is 15.6 Å². The van der Waals surface area contributed by atoms with Gasteiger partial charge >= 0.3 is 12.0 Å². The van der Waals surface area contributed by atoms with Crippen molar-refractivity contribution in [2.75, 3.05) is 19.7 Å². The molecule has 0 aromatic carbocycles. The molecule has 0 aliphatic carbocycles. The van der Waals surface area contributed by atoms with Gasteiger partial charge in [-0.1, -0.05) is 0 Å². The van der Waals surface area contributed by atoms with Crippen LogP contribution in [0.3, 0.4) is 0 Å². The number of urea groups is 1. The summed E-state index contributed by atoms with van der Waals surface area (Å²) in [5, 5.41) is 12.3. The highest BCUT2D eigenvalue weighted by Gasteiger charge is 2.21. The SMILES string of the molecule is Cc1nc(CNC(=O)N2CCOC(C)C2)sc1C(=O)O. The van der Waals surface area contributed by atoms with Crippen molar-refractivity contribution in [2.45, 2.75) is 26.5 Å². The van der Waals surface area contributed by atoms with Crippen molar-refractivity contribution in [3.63, 3.8) is 0 Å². The fraction of sp³-hybridized carbons (Fsp3) is 0.583. The molecule has 1 atom stereocenters. The molecule has 1 unspecified atom stereocenters. The Morgan fingerprint density at radius 2 is 2.35 bits per heavy atom. The normalized spacial score (nSPS) is 18.9. The summed E-state index contributed by atoms with van der Waals surface area (Å²) in [5.41, 5.74) is 0.478. The minimum absolute atomic E-state index is 0.0372. The van der Waals surface area contributed by atoms with Crippen molar-refractivity contribution in [1.29, 1.82) is 0 Å². The second-order valence-corrected chi connectivity index (χ2v) is 5.70. The number of aromatic nitrogens is 1. The van der Waals surface area contributed by atoms with Crippen LogP contribution in [0.2, 0.25) is 0 Å². The molecule has 2 amide bonds. The molecule has 7 nitrogen and oxygen atoms in total. The highest BCUT2D eigenvalue weighted by atomic mass is 32.1.